The molecule has 0 aliphatic carbocycles. The fourth-order valence-corrected chi connectivity index (χ4v) is 4.49. The molecule has 0 saturated carbocycles. The van der Waals surface area contributed by atoms with Gasteiger partial charge < -0.3 is 9.80 Å². The SMILES string of the molecule is CN(CC1CCN(CCc2ccccc2F)CC1)C(=O)C1CCCCN1C. The highest BCUT2D eigenvalue weighted by Crippen LogP contribution is 2.21. The molecule has 1 amide bonds. The molecule has 1 unspecified atom stereocenters. The summed E-state index contributed by atoms with van der Waals surface area (Å²) in [6.07, 6.45) is 6.37. The van der Waals surface area contributed by atoms with E-state index in [1.165, 1.54) is 12.5 Å². The van der Waals surface area contributed by atoms with Gasteiger partial charge in [0.2, 0.25) is 5.91 Å². The Morgan fingerprint density at radius 3 is 2.59 bits per heavy atom. The van der Waals surface area contributed by atoms with Crippen LogP contribution in [0.5, 0.6) is 0 Å². The van der Waals surface area contributed by atoms with Crippen LogP contribution < -0.4 is 0 Å². The van der Waals surface area contributed by atoms with Crippen LogP contribution in [-0.2, 0) is 11.2 Å². The maximum atomic E-state index is 13.7. The number of halogens is 1. The highest BCUT2D eigenvalue weighted by molar-refractivity contribution is 5.81. The highest BCUT2D eigenvalue weighted by atomic mass is 19.1. The van der Waals surface area contributed by atoms with E-state index >= 15 is 0 Å². The molecule has 5 heteroatoms. The number of hydrogen-bond donors (Lipinski definition) is 0. The third-order valence-corrected chi connectivity index (χ3v) is 6.33. The number of rotatable bonds is 6. The minimum absolute atomic E-state index is 0.0737. The Labute approximate surface area is 163 Å². The number of carbonyl (C=O) groups is 1. The second-order valence-electron chi connectivity index (χ2n) is 8.34. The van der Waals surface area contributed by atoms with Gasteiger partial charge in [-0.15, -0.1) is 0 Å². The molecule has 27 heavy (non-hydrogen) atoms. The number of hydrogen-bond acceptors (Lipinski definition) is 3. The van der Waals surface area contributed by atoms with Crippen LogP contribution in [0.3, 0.4) is 0 Å². The zero-order valence-corrected chi connectivity index (χ0v) is 16.9. The Bertz CT molecular complexity index is 615. The standard InChI is InChI=1S/C22H34FN3O/c1-24-13-6-5-9-21(24)22(27)25(2)17-18-10-14-26(15-11-18)16-12-19-7-3-4-8-20(19)23/h3-4,7-8,18,21H,5-6,9-17H2,1-2H3. The fraction of sp³-hybridized carbons (Fsp3) is 0.682. The molecule has 2 aliphatic heterocycles. The van der Waals surface area contributed by atoms with Crippen molar-refractivity contribution >= 4 is 5.91 Å². The van der Waals surface area contributed by atoms with Crippen LogP contribution in [0.25, 0.3) is 0 Å². The van der Waals surface area contributed by atoms with E-state index < -0.39 is 0 Å². The summed E-state index contributed by atoms with van der Waals surface area (Å²) in [6.45, 7) is 4.90. The van der Waals surface area contributed by atoms with Crippen molar-refractivity contribution in [3.8, 4) is 0 Å². The summed E-state index contributed by atoms with van der Waals surface area (Å²) < 4.78 is 13.7. The zero-order chi connectivity index (χ0) is 19.2. The molecule has 0 bridgehead atoms. The van der Waals surface area contributed by atoms with E-state index in [0.717, 1.165) is 70.4 Å². The first-order chi connectivity index (χ1) is 13.0. The molecule has 0 N–H and O–H groups in total. The van der Waals surface area contributed by atoms with Crippen molar-refractivity contribution in [3.63, 3.8) is 0 Å². The molecule has 1 aromatic carbocycles. The minimum atomic E-state index is -0.0970. The predicted octanol–water partition coefficient (Wildman–Crippen LogP) is 3.02. The van der Waals surface area contributed by atoms with Gasteiger partial charge in [-0.3, -0.25) is 9.69 Å². The normalized spacial score (nSPS) is 22.7. The highest BCUT2D eigenvalue weighted by Gasteiger charge is 2.30. The van der Waals surface area contributed by atoms with Gasteiger partial charge in [0, 0.05) is 20.1 Å². The molecular formula is C22H34FN3O. The maximum Gasteiger partial charge on any atom is 0.239 e. The Morgan fingerprint density at radius 2 is 1.89 bits per heavy atom. The van der Waals surface area contributed by atoms with Crippen LogP contribution in [-0.4, -0.2) is 73.5 Å². The smallest absolute Gasteiger partial charge is 0.239 e. The molecule has 2 aliphatic rings. The monoisotopic (exact) mass is 375 g/mol. The second-order valence-corrected chi connectivity index (χ2v) is 8.34. The van der Waals surface area contributed by atoms with Gasteiger partial charge in [0.15, 0.2) is 0 Å². The van der Waals surface area contributed by atoms with Crippen molar-refractivity contribution in [3.05, 3.63) is 35.6 Å². The van der Waals surface area contributed by atoms with Crippen LogP contribution in [0.2, 0.25) is 0 Å². The summed E-state index contributed by atoms with van der Waals surface area (Å²) >= 11 is 0. The molecule has 3 rings (SSSR count). The average Bonchev–Trinajstić information content (AvgIpc) is 2.68. The van der Waals surface area contributed by atoms with Gasteiger partial charge in [-0.2, -0.15) is 0 Å². The largest absolute Gasteiger partial charge is 0.344 e. The Kier molecular flexibility index (Phi) is 7.25. The number of benzene rings is 1. The lowest BCUT2D eigenvalue weighted by Gasteiger charge is -2.37. The lowest BCUT2D eigenvalue weighted by Crippen LogP contribution is -2.49. The summed E-state index contributed by atoms with van der Waals surface area (Å²) in [4.78, 5) is 19.4. The number of nitrogens with zero attached hydrogens (tertiary/aromatic N) is 3. The second kappa shape index (κ2) is 9.65. The number of likely N-dealkylation sites (tertiary alicyclic amines) is 2. The third kappa shape index (κ3) is 5.52. The Hall–Kier alpha value is -1.46. The summed E-state index contributed by atoms with van der Waals surface area (Å²) in [5.41, 5.74) is 0.807. The topological polar surface area (TPSA) is 26.8 Å². The molecule has 150 valence electrons. The quantitative estimate of drug-likeness (QED) is 0.765. The van der Waals surface area contributed by atoms with Gasteiger partial charge in [-0.1, -0.05) is 24.6 Å². The first kappa shape index (κ1) is 20.3. The number of likely N-dealkylation sites (N-methyl/N-ethyl adjacent to an activating group) is 2. The van der Waals surface area contributed by atoms with Crippen LogP contribution >= 0.6 is 0 Å². The van der Waals surface area contributed by atoms with Crippen molar-refractivity contribution < 1.29 is 9.18 Å². The summed E-state index contributed by atoms with van der Waals surface area (Å²) in [6, 6.07) is 7.14. The zero-order valence-electron chi connectivity index (χ0n) is 16.9. The molecule has 1 aromatic rings. The number of piperidine rings is 2. The van der Waals surface area contributed by atoms with Crippen molar-refractivity contribution in [2.75, 3.05) is 46.8 Å². The van der Waals surface area contributed by atoms with Crippen LogP contribution in [0.1, 0.15) is 37.7 Å². The van der Waals surface area contributed by atoms with Crippen molar-refractivity contribution in [1.29, 1.82) is 0 Å². The van der Waals surface area contributed by atoms with Crippen LogP contribution in [0.15, 0.2) is 24.3 Å². The van der Waals surface area contributed by atoms with E-state index in [1.807, 2.05) is 24.1 Å². The molecule has 0 aromatic heterocycles. The van der Waals surface area contributed by atoms with E-state index in [2.05, 4.69) is 16.8 Å². The lowest BCUT2D eigenvalue weighted by molar-refractivity contribution is -0.137. The van der Waals surface area contributed by atoms with Gasteiger partial charge in [-0.05, 0) is 76.3 Å². The fourth-order valence-electron chi connectivity index (χ4n) is 4.49. The van der Waals surface area contributed by atoms with Gasteiger partial charge in [0.05, 0.1) is 6.04 Å². The Balaban J connectivity index is 1.40. The van der Waals surface area contributed by atoms with Gasteiger partial charge in [-0.25, -0.2) is 4.39 Å². The summed E-state index contributed by atoms with van der Waals surface area (Å²) in [5, 5.41) is 0. The molecule has 0 radical (unpaired) electrons. The summed E-state index contributed by atoms with van der Waals surface area (Å²) in [7, 11) is 4.04. The minimum Gasteiger partial charge on any atom is -0.344 e. The van der Waals surface area contributed by atoms with Gasteiger partial charge in [0.1, 0.15) is 5.82 Å². The molecule has 2 heterocycles. The lowest BCUT2D eigenvalue weighted by atomic mass is 9.95. The summed E-state index contributed by atoms with van der Waals surface area (Å²) in [5.74, 6) is 0.775. The van der Waals surface area contributed by atoms with Crippen LogP contribution in [0.4, 0.5) is 4.39 Å². The average molecular weight is 376 g/mol. The molecule has 0 spiro atoms. The van der Waals surface area contributed by atoms with E-state index in [0.29, 0.717) is 11.8 Å². The van der Waals surface area contributed by atoms with E-state index in [4.69, 9.17) is 0 Å². The predicted molar refractivity (Wildman–Crippen MR) is 107 cm³/mol. The third-order valence-electron chi connectivity index (χ3n) is 6.33. The van der Waals surface area contributed by atoms with E-state index in [1.54, 1.807) is 6.07 Å². The first-order valence-corrected chi connectivity index (χ1v) is 10.5. The molecular weight excluding hydrogens is 341 g/mol. The maximum absolute atomic E-state index is 13.7. The number of amides is 1. The number of carbonyl (C=O) groups excluding carboxylic acids is 1. The van der Waals surface area contributed by atoms with Crippen molar-refractivity contribution in [2.24, 2.45) is 5.92 Å². The van der Waals surface area contributed by atoms with Crippen molar-refractivity contribution in [2.45, 2.75) is 44.6 Å². The molecule has 1 atom stereocenters. The molecule has 2 fully saturated rings. The first-order valence-electron chi connectivity index (χ1n) is 10.5. The molecule has 4 nitrogen and oxygen atoms in total. The van der Waals surface area contributed by atoms with Crippen molar-refractivity contribution in [1.82, 2.24) is 14.7 Å². The van der Waals surface area contributed by atoms with Gasteiger partial charge in [0.25, 0.3) is 0 Å². The van der Waals surface area contributed by atoms with E-state index in [-0.39, 0.29) is 11.9 Å². The van der Waals surface area contributed by atoms with Gasteiger partial charge >= 0.3 is 0 Å². The van der Waals surface area contributed by atoms with E-state index in [9.17, 15) is 9.18 Å². The van der Waals surface area contributed by atoms with Crippen LogP contribution in [0, 0.1) is 11.7 Å². The molecule has 2 saturated heterocycles. The Morgan fingerprint density at radius 1 is 1.15 bits per heavy atom.